The third-order valence-corrected chi connectivity index (χ3v) is 3.70. The van der Waals surface area contributed by atoms with E-state index in [1.54, 1.807) is 24.3 Å². The molecule has 0 aliphatic rings. The Bertz CT molecular complexity index is 956. The summed E-state index contributed by atoms with van der Waals surface area (Å²) in [7, 11) is 1.26. The van der Waals surface area contributed by atoms with Crippen molar-refractivity contribution in [3.63, 3.8) is 0 Å². The number of nitrogens with zero attached hydrogens (tertiary/aromatic N) is 2. The number of carbonyl (C=O) groups excluding carboxylic acids is 1. The summed E-state index contributed by atoms with van der Waals surface area (Å²) in [6.07, 6.45) is 0. The SMILES string of the molecule is COC(=O)c1c(=O)n(-c2ccc(C)cc2)nc2ccc(C)cc12. The van der Waals surface area contributed by atoms with Gasteiger partial charge in [-0.05, 0) is 38.1 Å². The Hall–Kier alpha value is -2.95. The van der Waals surface area contributed by atoms with Crippen LogP contribution < -0.4 is 5.56 Å². The molecule has 0 saturated carbocycles. The van der Waals surface area contributed by atoms with Gasteiger partial charge in [0.05, 0.1) is 18.3 Å². The van der Waals surface area contributed by atoms with E-state index < -0.39 is 11.5 Å². The molecule has 5 heteroatoms. The second-order valence-corrected chi connectivity index (χ2v) is 5.44. The smallest absolute Gasteiger partial charge is 0.344 e. The molecule has 0 aliphatic heterocycles. The molecule has 0 radical (unpaired) electrons. The van der Waals surface area contributed by atoms with Gasteiger partial charge in [-0.1, -0.05) is 29.3 Å². The molecule has 116 valence electrons. The van der Waals surface area contributed by atoms with Gasteiger partial charge in [-0.2, -0.15) is 9.78 Å². The normalized spacial score (nSPS) is 10.7. The second-order valence-electron chi connectivity index (χ2n) is 5.44. The van der Waals surface area contributed by atoms with Crippen molar-refractivity contribution in [2.24, 2.45) is 0 Å². The Morgan fingerprint density at radius 3 is 2.35 bits per heavy atom. The van der Waals surface area contributed by atoms with E-state index in [1.807, 2.05) is 32.0 Å². The van der Waals surface area contributed by atoms with Gasteiger partial charge in [0, 0.05) is 5.39 Å². The number of fused-ring (bicyclic) bond motifs is 1. The molecule has 0 amide bonds. The molecule has 3 aromatic rings. The summed E-state index contributed by atoms with van der Waals surface area (Å²) < 4.78 is 6.03. The molecular weight excluding hydrogens is 292 g/mol. The van der Waals surface area contributed by atoms with Crippen LogP contribution in [-0.4, -0.2) is 22.9 Å². The Labute approximate surface area is 133 Å². The van der Waals surface area contributed by atoms with Gasteiger partial charge in [0.15, 0.2) is 0 Å². The van der Waals surface area contributed by atoms with Gasteiger partial charge in [0.2, 0.25) is 0 Å². The topological polar surface area (TPSA) is 61.2 Å². The van der Waals surface area contributed by atoms with Crippen molar-refractivity contribution in [2.75, 3.05) is 7.11 Å². The molecule has 0 aliphatic carbocycles. The number of aryl methyl sites for hydroxylation is 2. The van der Waals surface area contributed by atoms with E-state index in [-0.39, 0.29) is 5.56 Å². The zero-order chi connectivity index (χ0) is 16.6. The number of hydrogen-bond acceptors (Lipinski definition) is 4. The number of methoxy groups -OCH3 is 1. The summed E-state index contributed by atoms with van der Waals surface area (Å²) in [4.78, 5) is 24.9. The van der Waals surface area contributed by atoms with Crippen LogP contribution in [0.5, 0.6) is 0 Å². The van der Waals surface area contributed by atoms with Crippen LogP contribution in [0.15, 0.2) is 47.3 Å². The highest BCUT2D eigenvalue weighted by molar-refractivity contribution is 6.03. The molecule has 0 saturated heterocycles. The summed E-state index contributed by atoms with van der Waals surface area (Å²) in [5.41, 5.74) is 2.70. The van der Waals surface area contributed by atoms with Gasteiger partial charge in [0.1, 0.15) is 5.56 Å². The highest BCUT2D eigenvalue weighted by Gasteiger charge is 2.19. The van der Waals surface area contributed by atoms with Crippen molar-refractivity contribution in [2.45, 2.75) is 13.8 Å². The van der Waals surface area contributed by atoms with Crippen molar-refractivity contribution in [1.29, 1.82) is 0 Å². The maximum atomic E-state index is 12.8. The lowest BCUT2D eigenvalue weighted by atomic mass is 10.1. The van der Waals surface area contributed by atoms with Gasteiger partial charge >= 0.3 is 5.97 Å². The highest BCUT2D eigenvalue weighted by Crippen LogP contribution is 2.18. The van der Waals surface area contributed by atoms with Crippen LogP contribution in [0, 0.1) is 13.8 Å². The summed E-state index contributed by atoms with van der Waals surface area (Å²) >= 11 is 0. The zero-order valence-corrected chi connectivity index (χ0v) is 13.2. The molecule has 23 heavy (non-hydrogen) atoms. The van der Waals surface area contributed by atoms with Crippen LogP contribution >= 0.6 is 0 Å². The molecule has 0 unspecified atom stereocenters. The largest absolute Gasteiger partial charge is 0.465 e. The number of aromatic nitrogens is 2. The predicted molar refractivity (Wildman–Crippen MR) is 88.2 cm³/mol. The highest BCUT2D eigenvalue weighted by atomic mass is 16.5. The lowest BCUT2D eigenvalue weighted by molar-refractivity contribution is 0.0600. The van der Waals surface area contributed by atoms with Crippen LogP contribution in [0.2, 0.25) is 0 Å². The Balaban J connectivity index is 2.38. The first-order valence-electron chi connectivity index (χ1n) is 7.20. The molecule has 0 spiro atoms. The Morgan fingerprint density at radius 1 is 1.04 bits per heavy atom. The number of benzene rings is 2. The number of carbonyl (C=O) groups is 1. The van der Waals surface area contributed by atoms with Crippen molar-refractivity contribution in [3.8, 4) is 5.69 Å². The Kier molecular flexibility index (Phi) is 3.70. The fourth-order valence-corrected chi connectivity index (χ4v) is 2.47. The minimum atomic E-state index is -0.658. The van der Waals surface area contributed by atoms with E-state index >= 15 is 0 Å². The van der Waals surface area contributed by atoms with Gasteiger partial charge < -0.3 is 4.74 Å². The standard InChI is InChI=1S/C18H16N2O3/c1-11-4-7-13(8-5-11)20-17(21)16(18(22)23-3)14-10-12(2)6-9-15(14)19-20/h4-10H,1-3H3. The second kappa shape index (κ2) is 5.68. The summed E-state index contributed by atoms with van der Waals surface area (Å²) in [5.74, 6) is -0.658. The van der Waals surface area contributed by atoms with Crippen molar-refractivity contribution < 1.29 is 9.53 Å². The maximum absolute atomic E-state index is 12.8. The van der Waals surface area contributed by atoms with Crippen molar-refractivity contribution >= 4 is 16.9 Å². The summed E-state index contributed by atoms with van der Waals surface area (Å²) in [6.45, 7) is 3.86. The maximum Gasteiger partial charge on any atom is 0.344 e. The number of rotatable bonds is 2. The van der Waals surface area contributed by atoms with Gasteiger partial charge in [-0.3, -0.25) is 4.79 Å². The van der Waals surface area contributed by atoms with Crippen molar-refractivity contribution in [1.82, 2.24) is 9.78 Å². The van der Waals surface area contributed by atoms with E-state index in [1.165, 1.54) is 11.8 Å². The van der Waals surface area contributed by atoms with Crippen LogP contribution in [0.25, 0.3) is 16.6 Å². The van der Waals surface area contributed by atoms with Gasteiger partial charge in [0.25, 0.3) is 5.56 Å². The minimum Gasteiger partial charge on any atom is -0.465 e. The summed E-state index contributed by atoms with van der Waals surface area (Å²) in [6, 6.07) is 12.8. The predicted octanol–water partition coefficient (Wildman–Crippen LogP) is 2.79. The first-order valence-corrected chi connectivity index (χ1v) is 7.20. The van der Waals surface area contributed by atoms with Crippen LogP contribution in [0.3, 0.4) is 0 Å². The summed E-state index contributed by atoms with van der Waals surface area (Å²) in [5, 5.41) is 4.89. The third-order valence-electron chi connectivity index (χ3n) is 3.70. The molecule has 1 heterocycles. The molecule has 0 atom stereocenters. The molecule has 0 fully saturated rings. The number of ether oxygens (including phenoxy) is 1. The minimum absolute atomic E-state index is 0.00164. The molecule has 0 bridgehead atoms. The average Bonchev–Trinajstić information content (AvgIpc) is 2.55. The molecule has 3 rings (SSSR count). The quantitative estimate of drug-likeness (QED) is 0.683. The van der Waals surface area contributed by atoms with Crippen LogP contribution in [0.4, 0.5) is 0 Å². The van der Waals surface area contributed by atoms with E-state index in [2.05, 4.69) is 5.10 Å². The fraction of sp³-hybridized carbons (Fsp3) is 0.167. The van der Waals surface area contributed by atoms with Crippen LogP contribution in [0.1, 0.15) is 21.5 Å². The third kappa shape index (κ3) is 2.61. The van der Waals surface area contributed by atoms with E-state index in [0.29, 0.717) is 16.6 Å². The fourth-order valence-electron chi connectivity index (χ4n) is 2.47. The molecular formula is C18H16N2O3. The van der Waals surface area contributed by atoms with Gasteiger partial charge in [-0.25, -0.2) is 4.79 Å². The lowest BCUT2D eigenvalue weighted by Gasteiger charge is -2.10. The molecule has 1 aromatic heterocycles. The molecule has 0 N–H and O–H groups in total. The molecule has 5 nitrogen and oxygen atoms in total. The van der Waals surface area contributed by atoms with Gasteiger partial charge in [-0.15, -0.1) is 0 Å². The molecule has 2 aromatic carbocycles. The monoisotopic (exact) mass is 308 g/mol. The van der Waals surface area contributed by atoms with Crippen molar-refractivity contribution in [3.05, 3.63) is 69.5 Å². The van der Waals surface area contributed by atoms with Crippen LogP contribution in [-0.2, 0) is 4.74 Å². The lowest BCUT2D eigenvalue weighted by Crippen LogP contribution is -2.28. The number of hydrogen-bond donors (Lipinski definition) is 0. The first-order chi connectivity index (χ1) is 11.0. The average molecular weight is 308 g/mol. The zero-order valence-electron chi connectivity index (χ0n) is 13.2. The van der Waals surface area contributed by atoms with E-state index in [0.717, 1.165) is 11.1 Å². The first kappa shape index (κ1) is 15.0. The van der Waals surface area contributed by atoms with E-state index in [4.69, 9.17) is 4.74 Å². The number of esters is 1. The van der Waals surface area contributed by atoms with E-state index in [9.17, 15) is 9.59 Å². The Morgan fingerprint density at radius 2 is 1.70 bits per heavy atom.